The maximum absolute atomic E-state index is 12.9. The summed E-state index contributed by atoms with van der Waals surface area (Å²) in [7, 11) is 0. The molecule has 3 amide bonds. The summed E-state index contributed by atoms with van der Waals surface area (Å²) < 4.78 is 6.53. The Bertz CT molecular complexity index is 923. The molecule has 1 spiro atoms. The molecule has 1 saturated carbocycles. The Morgan fingerprint density at radius 2 is 2.00 bits per heavy atom. The maximum atomic E-state index is 12.9. The largest absolute Gasteiger partial charge is 0.489 e. The van der Waals surface area contributed by atoms with Crippen LogP contribution in [0.25, 0.3) is 0 Å². The average Bonchev–Trinajstić information content (AvgIpc) is 3.42. The molecule has 0 bridgehead atoms. The highest BCUT2D eigenvalue weighted by Gasteiger charge is 2.53. The molecular weight excluding hydrogens is 394 g/mol. The highest BCUT2D eigenvalue weighted by molar-refractivity contribution is 6.05. The van der Waals surface area contributed by atoms with Crippen LogP contribution in [0.1, 0.15) is 61.9 Å². The van der Waals surface area contributed by atoms with E-state index in [0.717, 1.165) is 30.9 Å². The van der Waals surface area contributed by atoms with Gasteiger partial charge in [0.25, 0.3) is 5.91 Å². The summed E-state index contributed by atoms with van der Waals surface area (Å²) in [5, 5.41) is 2.35. The van der Waals surface area contributed by atoms with E-state index in [2.05, 4.69) is 24.1 Å². The number of nitrogens with one attached hydrogen (secondary N) is 1. The number of fused-ring (bicyclic) bond motifs is 1. The molecule has 166 valence electrons. The number of carbonyl (C=O) groups is 3. The topological polar surface area (TPSA) is 79.0 Å². The third kappa shape index (κ3) is 3.84. The first-order valence-electron chi connectivity index (χ1n) is 11.5. The second kappa shape index (κ2) is 7.62. The zero-order chi connectivity index (χ0) is 21.8. The van der Waals surface area contributed by atoms with Gasteiger partial charge in [-0.2, -0.15) is 0 Å². The molecule has 3 fully saturated rings. The molecule has 4 aliphatic rings. The van der Waals surface area contributed by atoms with E-state index in [0.29, 0.717) is 29.9 Å². The Morgan fingerprint density at radius 1 is 1.19 bits per heavy atom. The van der Waals surface area contributed by atoms with Crippen molar-refractivity contribution in [3.05, 3.63) is 29.3 Å². The SMILES string of the molecule is CC(C)CN1CCC2(CC2)[C@@H](Oc2ccc3c(c2)CN(C2CCC(=O)NC2=O)C3=O)C1. The first kappa shape index (κ1) is 20.5. The number of amides is 3. The van der Waals surface area contributed by atoms with Gasteiger partial charge < -0.3 is 9.64 Å². The predicted octanol–water partition coefficient (Wildman–Crippen LogP) is 2.34. The smallest absolute Gasteiger partial charge is 0.255 e. The Labute approximate surface area is 183 Å². The van der Waals surface area contributed by atoms with Gasteiger partial charge in [0.1, 0.15) is 17.9 Å². The van der Waals surface area contributed by atoms with Gasteiger partial charge in [-0.3, -0.25) is 24.6 Å². The van der Waals surface area contributed by atoms with Crippen molar-refractivity contribution < 1.29 is 19.1 Å². The molecular formula is C24H31N3O4. The molecule has 1 unspecified atom stereocenters. The summed E-state index contributed by atoms with van der Waals surface area (Å²) in [5.74, 6) is 0.652. The minimum Gasteiger partial charge on any atom is -0.489 e. The Hall–Kier alpha value is -2.41. The second-order valence-corrected chi connectivity index (χ2v) is 10.1. The van der Waals surface area contributed by atoms with Crippen molar-refractivity contribution in [2.45, 2.75) is 64.6 Å². The van der Waals surface area contributed by atoms with Gasteiger partial charge in [0.05, 0.1) is 0 Å². The lowest BCUT2D eigenvalue weighted by atomic mass is 9.90. The van der Waals surface area contributed by atoms with Crippen LogP contribution in [0.15, 0.2) is 18.2 Å². The van der Waals surface area contributed by atoms with Crippen molar-refractivity contribution in [3.8, 4) is 5.75 Å². The predicted molar refractivity (Wildman–Crippen MR) is 114 cm³/mol. The summed E-state index contributed by atoms with van der Waals surface area (Å²) in [6.45, 7) is 8.09. The van der Waals surface area contributed by atoms with Crippen LogP contribution in [-0.2, 0) is 16.1 Å². The van der Waals surface area contributed by atoms with E-state index in [1.54, 1.807) is 4.90 Å². The number of imide groups is 1. The number of likely N-dealkylation sites (tertiary alicyclic amines) is 1. The third-order valence-corrected chi connectivity index (χ3v) is 7.32. The second-order valence-electron chi connectivity index (χ2n) is 10.1. The van der Waals surface area contributed by atoms with Crippen molar-refractivity contribution >= 4 is 17.7 Å². The first-order chi connectivity index (χ1) is 14.8. The molecule has 7 heteroatoms. The van der Waals surface area contributed by atoms with Crippen LogP contribution < -0.4 is 10.1 Å². The van der Waals surface area contributed by atoms with E-state index in [1.165, 1.54) is 19.3 Å². The summed E-state index contributed by atoms with van der Waals surface area (Å²) in [6, 6.07) is 5.10. The Balaban J connectivity index is 1.30. The monoisotopic (exact) mass is 425 g/mol. The van der Waals surface area contributed by atoms with Crippen molar-refractivity contribution in [2.24, 2.45) is 11.3 Å². The maximum Gasteiger partial charge on any atom is 0.255 e. The number of nitrogens with zero attached hydrogens (tertiary/aromatic N) is 2. The van der Waals surface area contributed by atoms with E-state index in [-0.39, 0.29) is 30.2 Å². The average molecular weight is 426 g/mol. The van der Waals surface area contributed by atoms with E-state index in [1.807, 2.05) is 18.2 Å². The normalized spacial score (nSPS) is 27.6. The minimum absolute atomic E-state index is 0.143. The summed E-state index contributed by atoms with van der Waals surface area (Å²) >= 11 is 0. The molecule has 2 atom stereocenters. The molecule has 31 heavy (non-hydrogen) atoms. The highest BCUT2D eigenvalue weighted by Crippen LogP contribution is 2.55. The molecule has 1 aromatic carbocycles. The molecule has 2 saturated heterocycles. The van der Waals surface area contributed by atoms with Gasteiger partial charge in [-0.05, 0) is 61.9 Å². The summed E-state index contributed by atoms with van der Waals surface area (Å²) in [5.41, 5.74) is 1.84. The molecule has 1 aromatic rings. The molecule has 1 aliphatic carbocycles. The van der Waals surface area contributed by atoms with Crippen molar-refractivity contribution in [1.29, 1.82) is 0 Å². The zero-order valence-electron chi connectivity index (χ0n) is 18.4. The van der Waals surface area contributed by atoms with Crippen LogP contribution >= 0.6 is 0 Å². The van der Waals surface area contributed by atoms with E-state index < -0.39 is 6.04 Å². The molecule has 0 radical (unpaired) electrons. The van der Waals surface area contributed by atoms with Crippen LogP contribution in [0.4, 0.5) is 0 Å². The molecule has 3 heterocycles. The summed E-state index contributed by atoms with van der Waals surface area (Å²) in [4.78, 5) is 40.7. The first-order valence-corrected chi connectivity index (χ1v) is 11.5. The minimum atomic E-state index is -0.584. The summed E-state index contributed by atoms with van der Waals surface area (Å²) in [6.07, 6.45) is 4.49. The highest BCUT2D eigenvalue weighted by atomic mass is 16.5. The fourth-order valence-corrected chi connectivity index (χ4v) is 5.43. The van der Waals surface area contributed by atoms with Crippen molar-refractivity contribution in [2.75, 3.05) is 19.6 Å². The quantitative estimate of drug-likeness (QED) is 0.733. The lowest BCUT2D eigenvalue weighted by Gasteiger charge is -2.39. The molecule has 7 nitrogen and oxygen atoms in total. The van der Waals surface area contributed by atoms with Gasteiger partial charge in [0.2, 0.25) is 11.8 Å². The van der Waals surface area contributed by atoms with Crippen LogP contribution in [0.5, 0.6) is 5.75 Å². The van der Waals surface area contributed by atoms with Crippen molar-refractivity contribution in [1.82, 2.24) is 15.1 Å². The van der Waals surface area contributed by atoms with Gasteiger partial charge in [-0.15, -0.1) is 0 Å². The molecule has 1 N–H and O–H groups in total. The third-order valence-electron chi connectivity index (χ3n) is 7.32. The fourth-order valence-electron chi connectivity index (χ4n) is 5.43. The fraction of sp³-hybridized carbons (Fsp3) is 0.625. The van der Waals surface area contributed by atoms with Gasteiger partial charge in [0.15, 0.2) is 0 Å². The van der Waals surface area contributed by atoms with Gasteiger partial charge in [0, 0.05) is 37.0 Å². The molecule has 0 aromatic heterocycles. The number of carbonyl (C=O) groups excluding carboxylic acids is 3. The molecule has 3 aliphatic heterocycles. The van der Waals surface area contributed by atoms with Crippen molar-refractivity contribution in [3.63, 3.8) is 0 Å². The molecule has 5 rings (SSSR count). The standard InChI is InChI=1S/C24H31N3O4/c1-15(2)12-26-10-9-24(7-8-24)20(14-26)31-17-3-4-18-16(11-17)13-27(23(18)30)19-5-6-21(28)25-22(19)29/h3-4,11,15,19-20H,5-10,12-14H2,1-2H3,(H,25,28,29)/t19?,20-/m0/s1. The number of piperidine rings is 2. The van der Waals surface area contributed by atoms with Crippen LogP contribution in [0.2, 0.25) is 0 Å². The zero-order valence-corrected chi connectivity index (χ0v) is 18.4. The lowest BCUT2D eigenvalue weighted by molar-refractivity contribution is -0.136. The van der Waals surface area contributed by atoms with Gasteiger partial charge in [-0.1, -0.05) is 13.8 Å². The number of hydrogen-bond acceptors (Lipinski definition) is 5. The number of benzene rings is 1. The van der Waals surface area contributed by atoms with Crippen LogP contribution in [0, 0.1) is 11.3 Å². The van der Waals surface area contributed by atoms with Crippen LogP contribution in [0.3, 0.4) is 0 Å². The number of hydrogen-bond donors (Lipinski definition) is 1. The van der Waals surface area contributed by atoms with E-state index >= 15 is 0 Å². The lowest BCUT2D eigenvalue weighted by Crippen LogP contribution is -2.52. The Kier molecular flexibility index (Phi) is 5.04. The van der Waals surface area contributed by atoms with Gasteiger partial charge in [-0.25, -0.2) is 0 Å². The number of ether oxygens (including phenoxy) is 1. The number of rotatable bonds is 5. The van der Waals surface area contributed by atoms with Crippen LogP contribution in [-0.4, -0.2) is 59.3 Å². The Morgan fingerprint density at radius 3 is 2.71 bits per heavy atom. The van der Waals surface area contributed by atoms with Gasteiger partial charge >= 0.3 is 0 Å². The van der Waals surface area contributed by atoms with E-state index in [9.17, 15) is 14.4 Å². The van der Waals surface area contributed by atoms with E-state index in [4.69, 9.17) is 4.74 Å².